The van der Waals surface area contributed by atoms with Gasteiger partial charge in [0.05, 0.1) is 5.69 Å². The summed E-state index contributed by atoms with van der Waals surface area (Å²) in [6, 6.07) is 8.80. The number of hydrogen-bond donors (Lipinski definition) is 3. The lowest BCUT2D eigenvalue weighted by Gasteiger charge is -2.04. The van der Waals surface area contributed by atoms with E-state index in [2.05, 4.69) is 31.1 Å². The zero-order chi connectivity index (χ0) is 19.8. The van der Waals surface area contributed by atoms with Crippen LogP contribution in [0.25, 0.3) is 0 Å². The van der Waals surface area contributed by atoms with Crippen molar-refractivity contribution in [1.29, 1.82) is 0 Å². The molecule has 1 aromatic carbocycles. The van der Waals surface area contributed by atoms with Crippen LogP contribution in [0.3, 0.4) is 0 Å². The highest BCUT2D eigenvalue weighted by molar-refractivity contribution is 8.01. The first-order valence-electron chi connectivity index (χ1n) is 8.46. The second-order valence-electron chi connectivity index (χ2n) is 5.44. The molecule has 3 rings (SSSR count). The Morgan fingerprint density at radius 2 is 1.89 bits per heavy atom. The van der Waals surface area contributed by atoms with Crippen LogP contribution in [0.15, 0.2) is 40.1 Å². The molecule has 0 fully saturated rings. The van der Waals surface area contributed by atoms with Crippen molar-refractivity contribution in [3.8, 4) is 0 Å². The minimum absolute atomic E-state index is 0.145. The Morgan fingerprint density at radius 3 is 2.68 bits per heavy atom. The Kier molecular flexibility index (Phi) is 7.34. The summed E-state index contributed by atoms with van der Waals surface area (Å²) in [7, 11) is 0. The van der Waals surface area contributed by atoms with Crippen molar-refractivity contribution in [2.75, 3.05) is 21.7 Å². The largest absolute Gasteiger partial charge is 0.325 e. The summed E-state index contributed by atoms with van der Waals surface area (Å²) in [6.45, 7) is 2.03. The van der Waals surface area contributed by atoms with E-state index in [1.165, 1.54) is 22.7 Å². The van der Waals surface area contributed by atoms with Gasteiger partial charge in [0, 0.05) is 17.5 Å². The summed E-state index contributed by atoms with van der Waals surface area (Å²) < 4.78 is 0.835. The molecule has 0 bridgehead atoms. The number of urea groups is 1. The van der Waals surface area contributed by atoms with E-state index in [0.717, 1.165) is 15.8 Å². The van der Waals surface area contributed by atoms with E-state index in [9.17, 15) is 9.59 Å². The summed E-state index contributed by atoms with van der Waals surface area (Å²) in [5.41, 5.74) is 1.44. The lowest BCUT2D eigenvalue weighted by Crippen LogP contribution is -2.19. The maximum Gasteiger partial charge on any atom is 0.325 e. The molecule has 0 spiro atoms. The van der Waals surface area contributed by atoms with Crippen LogP contribution in [-0.2, 0) is 11.2 Å². The average molecular weight is 435 g/mol. The number of aromatic nitrogens is 3. The van der Waals surface area contributed by atoms with E-state index in [1.54, 1.807) is 23.9 Å². The molecule has 0 radical (unpaired) electrons. The molecule has 11 heteroatoms. The van der Waals surface area contributed by atoms with Gasteiger partial charge >= 0.3 is 6.03 Å². The quantitative estimate of drug-likeness (QED) is 0.360. The summed E-state index contributed by atoms with van der Waals surface area (Å²) in [5.74, 6) is 0.764. The fraction of sp³-hybridized carbons (Fsp3) is 0.235. The van der Waals surface area contributed by atoms with Crippen LogP contribution in [0.2, 0.25) is 0 Å². The number of thioether (sulfide) groups is 1. The van der Waals surface area contributed by atoms with Crippen LogP contribution in [0, 0.1) is 0 Å². The van der Waals surface area contributed by atoms with Crippen molar-refractivity contribution in [2.45, 2.75) is 24.1 Å². The summed E-state index contributed by atoms with van der Waals surface area (Å²) in [4.78, 5) is 28.4. The standard InChI is InChI=1S/C17H18N6O2S3/c1-2-26-17-23-22-16(28-17)20-13(24)9-8-12-10-27-15(19-12)21-14(25)18-11-6-4-3-5-7-11/h3-7,10H,2,8-9H2,1H3,(H,20,22,24)(H2,18,19,21,25). The minimum atomic E-state index is -0.359. The summed E-state index contributed by atoms with van der Waals surface area (Å²) in [5, 5.41) is 18.9. The highest BCUT2D eigenvalue weighted by atomic mass is 32.2. The topological polar surface area (TPSA) is 109 Å². The van der Waals surface area contributed by atoms with Crippen LogP contribution in [-0.4, -0.2) is 32.9 Å². The van der Waals surface area contributed by atoms with Crippen molar-refractivity contribution in [1.82, 2.24) is 15.2 Å². The number of carbonyl (C=O) groups excluding carboxylic acids is 2. The van der Waals surface area contributed by atoms with Crippen LogP contribution in [0.4, 0.5) is 20.7 Å². The number of nitrogens with one attached hydrogen (secondary N) is 3. The first-order valence-corrected chi connectivity index (χ1v) is 11.1. The number of aryl methyl sites for hydroxylation is 1. The normalized spacial score (nSPS) is 10.5. The van der Waals surface area contributed by atoms with Crippen LogP contribution in [0.5, 0.6) is 0 Å². The smallest absolute Gasteiger partial charge is 0.308 e. The molecular formula is C17H18N6O2S3. The molecule has 0 saturated heterocycles. The molecule has 2 heterocycles. The van der Waals surface area contributed by atoms with Gasteiger partial charge in [0.1, 0.15) is 0 Å². The molecule has 3 aromatic rings. The van der Waals surface area contributed by atoms with Crippen molar-refractivity contribution in [3.05, 3.63) is 41.4 Å². The average Bonchev–Trinajstić information content (AvgIpc) is 3.30. The van der Waals surface area contributed by atoms with E-state index in [-0.39, 0.29) is 18.4 Å². The number of rotatable bonds is 8. The Balaban J connectivity index is 1.43. The Labute approximate surface area is 174 Å². The third-order valence-electron chi connectivity index (χ3n) is 3.33. The molecule has 2 aromatic heterocycles. The van der Waals surface area contributed by atoms with Gasteiger partial charge in [-0.15, -0.1) is 21.5 Å². The SMILES string of the molecule is CCSc1nnc(NC(=O)CCc2csc(NC(=O)Nc3ccccc3)n2)s1. The van der Waals surface area contributed by atoms with Gasteiger partial charge in [-0.05, 0) is 24.3 Å². The number of amides is 3. The van der Waals surface area contributed by atoms with Gasteiger partial charge < -0.3 is 10.6 Å². The highest BCUT2D eigenvalue weighted by Gasteiger charge is 2.11. The number of carbonyl (C=O) groups is 2. The van der Waals surface area contributed by atoms with Crippen molar-refractivity contribution >= 4 is 62.3 Å². The maximum absolute atomic E-state index is 12.1. The zero-order valence-electron chi connectivity index (χ0n) is 15.0. The number of benzene rings is 1. The first-order chi connectivity index (χ1) is 13.6. The van der Waals surface area contributed by atoms with Crippen molar-refractivity contribution < 1.29 is 9.59 Å². The monoisotopic (exact) mass is 434 g/mol. The van der Waals surface area contributed by atoms with E-state index in [1.807, 2.05) is 30.5 Å². The molecule has 0 aliphatic heterocycles. The Hall–Kier alpha value is -2.50. The van der Waals surface area contributed by atoms with E-state index < -0.39 is 0 Å². The van der Waals surface area contributed by atoms with Gasteiger partial charge in [-0.3, -0.25) is 10.1 Å². The first kappa shape index (κ1) is 20.2. The third-order valence-corrected chi connectivity index (χ3v) is 5.99. The molecule has 0 atom stereocenters. The molecule has 8 nitrogen and oxygen atoms in total. The fourth-order valence-electron chi connectivity index (χ4n) is 2.13. The second-order valence-corrected chi connectivity index (χ2v) is 8.79. The second kappa shape index (κ2) is 10.2. The molecular weight excluding hydrogens is 416 g/mol. The van der Waals surface area contributed by atoms with Gasteiger partial charge in [-0.2, -0.15) is 0 Å². The highest BCUT2D eigenvalue weighted by Crippen LogP contribution is 2.25. The predicted molar refractivity (Wildman–Crippen MR) is 114 cm³/mol. The zero-order valence-corrected chi connectivity index (χ0v) is 17.4. The lowest BCUT2D eigenvalue weighted by atomic mass is 10.2. The fourth-order valence-corrected chi connectivity index (χ4v) is 4.53. The molecule has 28 heavy (non-hydrogen) atoms. The Bertz CT molecular complexity index is 928. The maximum atomic E-state index is 12.1. The molecule has 3 amide bonds. The van der Waals surface area contributed by atoms with Crippen LogP contribution >= 0.6 is 34.4 Å². The third kappa shape index (κ3) is 6.29. The van der Waals surface area contributed by atoms with Gasteiger partial charge in [0.15, 0.2) is 9.47 Å². The molecule has 0 unspecified atom stereocenters. The number of thiazole rings is 1. The number of nitrogens with zero attached hydrogens (tertiary/aromatic N) is 3. The summed E-state index contributed by atoms with van der Waals surface area (Å²) >= 11 is 4.26. The number of anilines is 3. The van der Waals surface area contributed by atoms with Crippen molar-refractivity contribution in [2.24, 2.45) is 0 Å². The molecule has 146 valence electrons. The van der Waals surface area contributed by atoms with Crippen molar-refractivity contribution in [3.63, 3.8) is 0 Å². The van der Waals surface area contributed by atoms with Gasteiger partial charge in [-0.25, -0.2) is 9.78 Å². The van der Waals surface area contributed by atoms with Crippen LogP contribution in [0.1, 0.15) is 19.0 Å². The number of hydrogen-bond acceptors (Lipinski definition) is 8. The Morgan fingerprint density at radius 1 is 1.07 bits per heavy atom. The summed E-state index contributed by atoms with van der Waals surface area (Å²) in [6.07, 6.45) is 0.745. The number of para-hydroxylation sites is 1. The predicted octanol–water partition coefficient (Wildman–Crippen LogP) is 4.32. The molecule has 0 saturated carbocycles. The molecule has 0 aliphatic carbocycles. The lowest BCUT2D eigenvalue weighted by molar-refractivity contribution is -0.116. The van der Waals surface area contributed by atoms with E-state index in [4.69, 9.17) is 0 Å². The molecule has 0 aliphatic rings. The molecule has 3 N–H and O–H groups in total. The van der Waals surface area contributed by atoms with Crippen LogP contribution < -0.4 is 16.0 Å². The van der Waals surface area contributed by atoms with E-state index >= 15 is 0 Å². The van der Waals surface area contributed by atoms with Gasteiger partial charge in [0.25, 0.3) is 0 Å². The minimum Gasteiger partial charge on any atom is -0.308 e. The van der Waals surface area contributed by atoms with Gasteiger partial charge in [0.2, 0.25) is 11.0 Å². The van der Waals surface area contributed by atoms with E-state index in [0.29, 0.717) is 22.4 Å². The van der Waals surface area contributed by atoms with Gasteiger partial charge in [-0.1, -0.05) is 48.2 Å².